The maximum absolute atomic E-state index is 11.0. The van der Waals surface area contributed by atoms with Crippen LogP contribution in [0.1, 0.15) is 25.7 Å². The molecule has 0 aliphatic carbocycles. The van der Waals surface area contributed by atoms with E-state index in [0.717, 1.165) is 30.8 Å². The quantitative estimate of drug-likeness (QED) is 0.581. The summed E-state index contributed by atoms with van der Waals surface area (Å²) in [4.78, 5) is 12.2. The second-order valence-corrected chi connectivity index (χ2v) is 5.18. The summed E-state index contributed by atoms with van der Waals surface area (Å²) in [5.74, 6) is 2.12. The summed E-state index contributed by atoms with van der Waals surface area (Å²) in [6, 6.07) is 8.10. The van der Waals surface area contributed by atoms with Crippen LogP contribution >= 0.6 is 11.8 Å². The standard InChI is InChI=1S/C14H21NO2S/c1-15-14(16)9-4-3-5-10-18-13-8-6-7-12(11-13)17-2/h6-8,11H,3-5,9-10H2,1-2H3,(H,15,16). The molecular formula is C14H21NO2S. The molecule has 0 aromatic heterocycles. The number of benzene rings is 1. The number of carbonyl (C=O) groups excluding carboxylic acids is 1. The predicted molar refractivity (Wildman–Crippen MR) is 76.3 cm³/mol. The van der Waals surface area contributed by atoms with Gasteiger partial charge < -0.3 is 10.1 Å². The van der Waals surface area contributed by atoms with E-state index in [4.69, 9.17) is 4.74 Å². The lowest BCUT2D eigenvalue weighted by Crippen LogP contribution is -2.16. The van der Waals surface area contributed by atoms with E-state index in [1.54, 1.807) is 14.2 Å². The maximum atomic E-state index is 11.0. The zero-order valence-corrected chi connectivity index (χ0v) is 11.9. The van der Waals surface area contributed by atoms with Crippen LogP contribution < -0.4 is 10.1 Å². The van der Waals surface area contributed by atoms with Gasteiger partial charge in [0.15, 0.2) is 0 Å². The van der Waals surface area contributed by atoms with Crippen molar-refractivity contribution in [3.63, 3.8) is 0 Å². The fourth-order valence-electron chi connectivity index (χ4n) is 1.57. The largest absolute Gasteiger partial charge is 0.497 e. The molecule has 0 aliphatic rings. The van der Waals surface area contributed by atoms with E-state index >= 15 is 0 Å². The van der Waals surface area contributed by atoms with Crippen molar-refractivity contribution in [2.24, 2.45) is 0 Å². The number of ether oxygens (including phenoxy) is 1. The summed E-state index contributed by atoms with van der Waals surface area (Å²) in [7, 11) is 3.36. The molecule has 100 valence electrons. The number of hydrogen-bond acceptors (Lipinski definition) is 3. The van der Waals surface area contributed by atoms with Gasteiger partial charge >= 0.3 is 0 Å². The Morgan fingerprint density at radius 1 is 1.33 bits per heavy atom. The molecule has 1 amide bonds. The minimum atomic E-state index is 0.135. The summed E-state index contributed by atoms with van der Waals surface area (Å²) < 4.78 is 5.18. The fourth-order valence-corrected chi connectivity index (χ4v) is 2.53. The minimum absolute atomic E-state index is 0.135. The monoisotopic (exact) mass is 267 g/mol. The first-order valence-electron chi connectivity index (χ1n) is 6.23. The van der Waals surface area contributed by atoms with Gasteiger partial charge in [-0.1, -0.05) is 12.5 Å². The van der Waals surface area contributed by atoms with Crippen molar-refractivity contribution < 1.29 is 9.53 Å². The number of carbonyl (C=O) groups is 1. The molecule has 1 aromatic carbocycles. The summed E-state index contributed by atoms with van der Waals surface area (Å²) >= 11 is 1.83. The molecule has 1 aromatic rings. The van der Waals surface area contributed by atoms with Crippen molar-refractivity contribution in [2.45, 2.75) is 30.6 Å². The van der Waals surface area contributed by atoms with Gasteiger partial charge in [0, 0.05) is 18.4 Å². The molecule has 1 N–H and O–H groups in total. The van der Waals surface area contributed by atoms with Gasteiger partial charge in [0.05, 0.1) is 7.11 Å². The first-order chi connectivity index (χ1) is 8.76. The molecule has 0 unspecified atom stereocenters. The van der Waals surface area contributed by atoms with Crippen LogP contribution in [0.15, 0.2) is 29.2 Å². The van der Waals surface area contributed by atoms with Gasteiger partial charge in [-0.15, -0.1) is 11.8 Å². The first-order valence-corrected chi connectivity index (χ1v) is 7.22. The number of hydrogen-bond donors (Lipinski definition) is 1. The van der Waals surface area contributed by atoms with Crippen molar-refractivity contribution in [2.75, 3.05) is 19.9 Å². The normalized spacial score (nSPS) is 10.1. The molecule has 0 bridgehead atoms. The van der Waals surface area contributed by atoms with Crippen molar-refractivity contribution >= 4 is 17.7 Å². The van der Waals surface area contributed by atoms with Crippen LogP contribution in [-0.2, 0) is 4.79 Å². The molecule has 18 heavy (non-hydrogen) atoms. The van der Waals surface area contributed by atoms with E-state index in [9.17, 15) is 4.79 Å². The van der Waals surface area contributed by atoms with Crippen LogP contribution in [0, 0.1) is 0 Å². The number of nitrogens with one attached hydrogen (secondary N) is 1. The zero-order chi connectivity index (χ0) is 13.2. The van der Waals surface area contributed by atoms with Gasteiger partial charge in [0.1, 0.15) is 5.75 Å². The van der Waals surface area contributed by atoms with E-state index in [-0.39, 0.29) is 5.91 Å². The average molecular weight is 267 g/mol. The third-order valence-electron chi connectivity index (χ3n) is 2.64. The van der Waals surface area contributed by atoms with Crippen molar-refractivity contribution in [1.29, 1.82) is 0 Å². The number of unbranched alkanes of at least 4 members (excludes halogenated alkanes) is 2. The highest BCUT2D eigenvalue weighted by molar-refractivity contribution is 7.99. The van der Waals surface area contributed by atoms with Gasteiger partial charge in [0.25, 0.3) is 0 Å². The average Bonchev–Trinajstić information content (AvgIpc) is 2.42. The lowest BCUT2D eigenvalue weighted by atomic mass is 10.2. The Bertz CT molecular complexity index is 369. The topological polar surface area (TPSA) is 38.3 Å². The molecular weight excluding hydrogens is 246 g/mol. The fraction of sp³-hybridized carbons (Fsp3) is 0.500. The Morgan fingerprint density at radius 2 is 2.17 bits per heavy atom. The Labute approximate surface area is 113 Å². The molecule has 0 aliphatic heterocycles. The Balaban J connectivity index is 2.12. The van der Waals surface area contributed by atoms with Gasteiger partial charge in [-0.2, -0.15) is 0 Å². The smallest absolute Gasteiger partial charge is 0.219 e. The second-order valence-electron chi connectivity index (χ2n) is 4.01. The van der Waals surface area contributed by atoms with Crippen molar-refractivity contribution in [3.05, 3.63) is 24.3 Å². The number of amides is 1. The summed E-state index contributed by atoms with van der Waals surface area (Å²) in [5.41, 5.74) is 0. The molecule has 0 atom stereocenters. The molecule has 0 fully saturated rings. The molecule has 0 spiro atoms. The zero-order valence-electron chi connectivity index (χ0n) is 11.1. The van der Waals surface area contributed by atoms with Crippen LogP contribution in [0.3, 0.4) is 0 Å². The van der Waals surface area contributed by atoms with E-state index < -0.39 is 0 Å². The van der Waals surface area contributed by atoms with Crippen LogP contribution in [-0.4, -0.2) is 25.8 Å². The van der Waals surface area contributed by atoms with E-state index in [1.807, 2.05) is 23.9 Å². The summed E-state index contributed by atoms with van der Waals surface area (Å²) in [5, 5.41) is 2.64. The van der Waals surface area contributed by atoms with Gasteiger partial charge in [0.2, 0.25) is 5.91 Å². The Kier molecular flexibility index (Phi) is 7.34. The van der Waals surface area contributed by atoms with Gasteiger partial charge in [-0.3, -0.25) is 4.79 Å². The molecule has 4 heteroatoms. The van der Waals surface area contributed by atoms with E-state index in [2.05, 4.69) is 17.4 Å². The minimum Gasteiger partial charge on any atom is -0.497 e. The number of thioether (sulfide) groups is 1. The molecule has 0 radical (unpaired) electrons. The van der Waals surface area contributed by atoms with Crippen LogP contribution in [0.4, 0.5) is 0 Å². The highest BCUT2D eigenvalue weighted by atomic mass is 32.2. The molecule has 0 saturated heterocycles. The summed E-state index contributed by atoms with van der Waals surface area (Å²) in [6.45, 7) is 0. The number of methoxy groups -OCH3 is 1. The lowest BCUT2D eigenvalue weighted by Gasteiger charge is -2.04. The number of rotatable bonds is 8. The van der Waals surface area contributed by atoms with Crippen LogP contribution in [0.2, 0.25) is 0 Å². The molecule has 0 heterocycles. The van der Waals surface area contributed by atoms with Gasteiger partial charge in [-0.25, -0.2) is 0 Å². The van der Waals surface area contributed by atoms with Crippen molar-refractivity contribution in [1.82, 2.24) is 5.32 Å². The predicted octanol–water partition coefficient (Wildman–Crippen LogP) is 3.09. The molecule has 0 saturated carbocycles. The van der Waals surface area contributed by atoms with E-state index in [1.165, 1.54) is 4.90 Å². The second kappa shape index (κ2) is 8.86. The lowest BCUT2D eigenvalue weighted by molar-refractivity contribution is -0.120. The Hall–Kier alpha value is -1.16. The Morgan fingerprint density at radius 3 is 2.89 bits per heavy atom. The summed E-state index contributed by atoms with van der Waals surface area (Å²) in [6.07, 6.45) is 3.85. The van der Waals surface area contributed by atoms with Gasteiger partial charge in [-0.05, 0) is 36.8 Å². The third-order valence-corrected chi connectivity index (χ3v) is 3.72. The maximum Gasteiger partial charge on any atom is 0.219 e. The molecule has 1 rings (SSSR count). The SMILES string of the molecule is CNC(=O)CCCCCSc1cccc(OC)c1. The van der Waals surface area contributed by atoms with Crippen LogP contribution in [0.5, 0.6) is 5.75 Å². The third kappa shape index (κ3) is 5.96. The highest BCUT2D eigenvalue weighted by Crippen LogP contribution is 2.23. The first kappa shape index (κ1) is 14.9. The highest BCUT2D eigenvalue weighted by Gasteiger charge is 1.99. The van der Waals surface area contributed by atoms with Crippen LogP contribution in [0.25, 0.3) is 0 Å². The van der Waals surface area contributed by atoms with Crippen molar-refractivity contribution in [3.8, 4) is 5.75 Å². The van der Waals surface area contributed by atoms with E-state index in [0.29, 0.717) is 6.42 Å². The molecule has 3 nitrogen and oxygen atoms in total.